The number of nitrogens with one attached hydrogen (secondary N) is 2. The summed E-state index contributed by atoms with van der Waals surface area (Å²) in [6, 6.07) is 8.72. The lowest BCUT2D eigenvalue weighted by molar-refractivity contribution is 0.620. The fourth-order valence-electron chi connectivity index (χ4n) is 1.58. The lowest BCUT2D eigenvalue weighted by Crippen LogP contribution is -2.34. The summed E-state index contributed by atoms with van der Waals surface area (Å²) >= 11 is 8.34. The van der Waals surface area contributed by atoms with Gasteiger partial charge in [-0.15, -0.1) is 0 Å². The highest BCUT2D eigenvalue weighted by Gasteiger charge is 2.01. The van der Waals surface area contributed by atoms with Crippen LogP contribution in [0.2, 0.25) is 0 Å². The molecule has 2 rings (SSSR count). The highest BCUT2D eigenvalue weighted by Crippen LogP contribution is 2.16. The second kappa shape index (κ2) is 7.31. The SMILES string of the molecule is Fc1ccc(CNC(=S)NCc2cccnc2)cc1Br. The first-order valence-corrected chi connectivity index (χ1v) is 7.20. The molecule has 0 bridgehead atoms. The van der Waals surface area contributed by atoms with Crippen molar-refractivity contribution in [2.45, 2.75) is 13.1 Å². The molecular weight excluding hydrogens is 341 g/mol. The van der Waals surface area contributed by atoms with Gasteiger partial charge in [0.15, 0.2) is 5.11 Å². The van der Waals surface area contributed by atoms with Crippen LogP contribution in [0.1, 0.15) is 11.1 Å². The summed E-state index contributed by atoms with van der Waals surface area (Å²) in [5.74, 6) is -0.272. The van der Waals surface area contributed by atoms with Crippen molar-refractivity contribution >= 4 is 33.3 Å². The first kappa shape index (κ1) is 14.9. The second-order valence-corrected chi connectivity index (χ2v) is 5.41. The van der Waals surface area contributed by atoms with E-state index in [-0.39, 0.29) is 5.82 Å². The molecule has 3 nitrogen and oxygen atoms in total. The number of benzene rings is 1. The van der Waals surface area contributed by atoms with Crippen LogP contribution >= 0.6 is 28.1 Å². The molecule has 0 saturated carbocycles. The minimum Gasteiger partial charge on any atom is -0.359 e. The molecule has 6 heteroatoms. The topological polar surface area (TPSA) is 37.0 Å². The molecule has 0 saturated heterocycles. The summed E-state index contributed by atoms with van der Waals surface area (Å²) in [5, 5.41) is 6.71. The van der Waals surface area contributed by atoms with E-state index in [9.17, 15) is 4.39 Å². The Labute approximate surface area is 130 Å². The van der Waals surface area contributed by atoms with Crippen LogP contribution in [0.3, 0.4) is 0 Å². The number of hydrogen-bond acceptors (Lipinski definition) is 2. The van der Waals surface area contributed by atoms with E-state index in [2.05, 4.69) is 31.5 Å². The van der Waals surface area contributed by atoms with Crippen LogP contribution in [-0.4, -0.2) is 10.1 Å². The van der Waals surface area contributed by atoms with Crippen molar-refractivity contribution in [1.82, 2.24) is 15.6 Å². The third-order valence-electron chi connectivity index (χ3n) is 2.61. The Morgan fingerprint density at radius 3 is 2.60 bits per heavy atom. The molecule has 0 unspecified atom stereocenters. The summed E-state index contributed by atoms with van der Waals surface area (Å²) in [5.41, 5.74) is 2.00. The average molecular weight is 354 g/mol. The molecule has 1 heterocycles. The van der Waals surface area contributed by atoms with Crippen molar-refractivity contribution in [3.63, 3.8) is 0 Å². The van der Waals surface area contributed by atoms with Gasteiger partial charge in [-0.25, -0.2) is 4.39 Å². The van der Waals surface area contributed by atoms with Gasteiger partial charge in [-0.1, -0.05) is 12.1 Å². The largest absolute Gasteiger partial charge is 0.359 e. The van der Waals surface area contributed by atoms with E-state index in [1.165, 1.54) is 6.07 Å². The number of pyridine rings is 1. The van der Waals surface area contributed by atoms with E-state index in [4.69, 9.17) is 12.2 Å². The van der Waals surface area contributed by atoms with Gasteiger partial charge in [0.2, 0.25) is 0 Å². The van der Waals surface area contributed by atoms with Gasteiger partial charge in [-0.3, -0.25) is 4.98 Å². The molecule has 20 heavy (non-hydrogen) atoms. The smallest absolute Gasteiger partial charge is 0.166 e. The first-order chi connectivity index (χ1) is 9.65. The number of halogens is 2. The maximum atomic E-state index is 13.1. The lowest BCUT2D eigenvalue weighted by Gasteiger charge is -2.10. The fourth-order valence-corrected chi connectivity index (χ4v) is 2.15. The van der Waals surface area contributed by atoms with E-state index in [0.717, 1.165) is 11.1 Å². The Morgan fingerprint density at radius 1 is 1.20 bits per heavy atom. The molecule has 2 N–H and O–H groups in total. The summed E-state index contributed by atoms with van der Waals surface area (Å²) in [6.45, 7) is 1.16. The first-order valence-electron chi connectivity index (χ1n) is 5.99. The van der Waals surface area contributed by atoms with Crippen LogP contribution in [0, 0.1) is 5.82 Å². The molecule has 0 aliphatic rings. The highest BCUT2D eigenvalue weighted by atomic mass is 79.9. The summed E-state index contributed by atoms with van der Waals surface area (Å²) < 4.78 is 13.5. The number of nitrogens with zero attached hydrogens (tertiary/aromatic N) is 1. The molecule has 1 aromatic heterocycles. The molecule has 0 aliphatic carbocycles. The van der Waals surface area contributed by atoms with Gasteiger partial charge in [0.25, 0.3) is 0 Å². The normalized spacial score (nSPS) is 10.1. The van der Waals surface area contributed by atoms with Gasteiger partial charge in [0.05, 0.1) is 4.47 Å². The maximum Gasteiger partial charge on any atom is 0.166 e. The molecule has 0 spiro atoms. The Morgan fingerprint density at radius 2 is 1.95 bits per heavy atom. The zero-order chi connectivity index (χ0) is 14.4. The lowest BCUT2D eigenvalue weighted by atomic mass is 10.2. The van der Waals surface area contributed by atoms with E-state index in [0.29, 0.717) is 22.7 Å². The molecule has 104 valence electrons. The van der Waals surface area contributed by atoms with Gasteiger partial charge in [0, 0.05) is 25.5 Å². The van der Waals surface area contributed by atoms with E-state index in [1.54, 1.807) is 24.5 Å². The molecular formula is C14H13BrFN3S. The molecule has 0 radical (unpaired) electrons. The fraction of sp³-hybridized carbons (Fsp3) is 0.143. The average Bonchev–Trinajstić information content (AvgIpc) is 2.47. The van der Waals surface area contributed by atoms with Crippen molar-refractivity contribution in [3.8, 4) is 0 Å². The van der Waals surface area contributed by atoms with Gasteiger partial charge in [-0.2, -0.15) is 0 Å². The third kappa shape index (κ3) is 4.54. The third-order valence-corrected chi connectivity index (χ3v) is 3.51. The van der Waals surface area contributed by atoms with Crippen molar-refractivity contribution in [2.24, 2.45) is 0 Å². The summed E-state index contributed by atoms with van der Waals surface area (Å²) in [4.78, 5) is 4.03. The Bertz CT molecular complexity index is 592. The Balaban J connectivity index is 1.79. The molecule has 0 atom stereocenters. The number of thiocarbonyl (C=S) groups is 1. The Hall–Kier alpha value is -1.53. The predicted octanol–water partition coefficient (Wildman–Crippen LogP) is 3.15. The second-order valence-electron chi connectivity index (χ2n) is 4.15. The summed E-state index contributed by atoms with van der Waals surface area (Å²) in [7, 11) is 0. The van der Waals surface area contributed by atoms with Crippen LogP contribution < -0.4 is 10.6 Å². The number of rotatable bonds is 4. The quantitative estimate of drug-likeness (QED) is 0.828. The predicted molar refractivity (Wildman–Crippen MR) is 84.6 cm³/mol. The molecule has 0 aliphatic heterocycles. The van der Waals surface area contributed by atoms with Crippen LogP contribution in [-0.2, 0) is 13.1 Å². The van der Waals surface area contributed by atoms with Crippen molar-refractivity contribution < 1.29 is 4.39 Å². The zero-order valence-corrected chi connectivity index (χ0v) is 13.0. The molecule has 1 aromatic carbocycles. The molecule has 0 amide bonds. The van der Waals surface area contributed by atoms with Crippen LogP contribution in [0.4, 0.5) is 4.39 Å². The summed E-state index contributed by atoms with van der Waals surface area (Å²) in [6.07, 6.45) is 3.51. The maximum absolute atomic E-state index is 13.1. The van der Waals surface area contributed by atoms with E-state index in [1.807, 2.05) is 12.1 Å². The van der Waals surface area contributed by atoms with Crippen molar-refractivity contribution in [1.29, 1.82) is 0 Å². The van der Waals surface area contributed by atoms with Crippen molar-refractivity contribution in [2.75, 3.05) is 0 Å². The minimum absolute atomic E-state index is 0.272. The highest BCUT2D eigenvalue weighted by molar-refractivity contribution is 9.10. The van der Waals surface area contributed by atoms with Gasteiger partial charge >= 0.3 is 0 Å². The van der Waals surface area contributed by atoms with E-state index < -0.39 is 0 Å². The van der Waals surface area contributed by atoms with Crippen LogP contribution in [0.15, 0.2) is 47.2 Å². The standard InChI is InChI=1S/C14H13BrFN3S/c15-12-6-10(3-4-13(12)16)8-18-14(20)19-9-11-2-1-5-17-7-11/h1-7H,8-9H2,(H2,18,19,20). The van der Waals surface area contributed by atoms with Crippen LogP contribution in [0.5, 0.6) is 0 Å². The van der Waals surface area contributed by atoms with Crippen LogP contribution in [0.25, 0.3) is 0 Å². The number of aromatic nitrogens is 1. The van der Waals surface area contributed by atoms with Gasteiger partial charge in [-0.05, 0) is 57.5 Å². The van der Waals surface area contributed by atoms with Gasteiger partial charge in [0.1, 0.15) is 5.82 Å². The number of hydrogen-bond donors (Lipinski definition) is 2. The monoisotopic (exact) mass is 353 g/mol. The molecule has 2 aromatic rings. The van der Waals surface area contributed by atoms with E-state index >= 15 is 0 Å². The molecule has 0 fully saturated rings. The minimum atomic E-state index is -0.272. The zero-order valence-electron chi connectivity index (χ0n) is 10.6. The van der Waals surface area contributed by atoms with Gasteiger partial charge < -0.3 is 10.6 Å². The Kier molecular flexibility index (Phi) is 5.43. The van der Waals surface area contributed by atoms with Crippen molar-refractivity contribution in [3.05, 3.63) is 64.1 Å².